The number of hydrogen-bond acceptors (Lipinski definition) is 7. The largest absolute Gasteiger partial charge is 0.576 e. The molecular formula is C14H27NO6Si. The predicted molar refractivity (Wildman–Crippen MR) is 81.5 cm³/mol. The number of rotatable bonds is 11. The summed E-state index contributed by atoms with van der Waals surface area (Å²) in [5, 5.41) is 3.08. The number of ether oxygens (including phenoxy) is 2. The SMILES string of the molecule is CCO[Si](OCC)(OCC)C(=O)[C@H]1NCCC1OCC1CO1. The van der Waals surface area contributed by atoms with E-state index in [0.717, 1.165) is 19.6 Å². The van der Waals surface area contributed by atoms with Crippen LogP contribution in [0.15, 0.2) is 0 Å². The van der Waals surface area contributed by atoms with Crippen LogP contribution in [0.4, 0.5) is 0 Å². The molecule has 2 rings (SSSR count). The molecule has 0 radical (unpaired) electrons. The average Bonchev–Trinajstić information content (AvgIpc) is 3.22. The fourth-order valence-corrected chi connectivity index (χ4v) is 5.10. The van der Waals surface area contributed by atoms with E-state index in [1.54, 1.807) is 0 Å². The van der Waals surface area contributed by atoms with Crippen LogP contribution in [0.3, 0.4) is 0 Å². The van der Waals surface area contributed by atoms with Gasteiger partial charge in [-0.15, -0.1) is 0 Å². The van der Waals surface area contributed by atoms with Gasteiger partial charge in [0.25, 0.3) is 0 Å². The third-order valence-corrected chi connectivity index (χ3v) is 6.57. The first-order valence-corrected chi connectivity index (χ1v) is 9.82. The van der Waals surface area contributed by atoms with Gasteiger partial charge in [0.2, 0.25) is 5.41 Å². The molecule has 0 aliphatic carbocycles. The number of carbonyl (C=O) groups excluding carboxylic acids is 1. The van der Waals surface area contributed by atoms with Crippen molar-refractivity contribution in [1.82, 2.24) is 5.32 Å². The molecule has 2 aliphatic heterocycles. The Morgan fingerprint density at radius 3 is 2.27 bits per heavy atom. The Balaban J connectivity index is 2.05. The van der Waals surface area contributed by atoms with Gasteiger partial charge in [-0.1, -0.05) is 0 Å². The topological polar surface area (TPSA) is 78.6 Å². The van der Waals surface area contributed by atoms with Crippen molar-refractivity contribution < 1.29 is 27.5 Å². The predicted octanol–water partition coefficient (Wildman–Crippen LogP) is 0.289. The van der Waals surface area contributed by atoms with Crippen molar-refractivity contribution in [2.75, 3.05) is 39.6 Å². The lowest BCUT2D eigenvalue weighted by molar-refractivity contribution is -0.124. The van der Waals surface area contributed by atoms with Gasteiger partial charge in [-0.2, -0.15) is 0 Å². The van der Waals surface area contributed by atoms with E-state index in [-0.39, 0.29) is 17.6 Å². The van der Waals surface area contributed by atoms with E-state index in [1.807, 2.05) is 20.8 Å². The molecule has 128 valence electrons. The van der Waals surface area contributed by atoms with Crippen molar-refractivity contribution >= 4 is 14.2 Å². The van der Waals surface area contributed by atoms with Crippen LogP contribution in [-0.4, -0.2) is 72.0 Å². The number of nitrogens with one attached hydrogen (secondary N) is 1. The minimum Gasteiger partial charge on any atom is -0.373 e. The van der Waals surface area contributed by atoms with Crippen LogP contribution in [0.1, 0.15) is 27.2 Å². The van der Waals surface area contributed by atoms with E-state index in [4.69, 9.17) is 22.8 Å². The number of carbonyl (C=O) groups is 1. The Morgan fingerprint density at radius 2 is 1.77 bits per heavy atom. The van der Waals surface area contributed by atoms with Crippen molar-refractivity contribution in [2.24, 2.45) is 0 Å². The lowest BCUT2D eigenvalue weighted by Crippen LogP contribution is -2.61. The van der Waals surface area contributed by atoms with Gasteiger partial charge in [0, 0.05) is 19.8 Å². The smallest absolute Gasteiger partial charge is 0.373 e. The number of epoxide rings is 1. The summed E-state index contributed by atoms with van der Waals surface area (Å²) < 4.78 is 28.1. The summed E-state index contributed by atoms with van der Waals surface area (Å²) in [6, 6.07) is -0.435. The molecule has 1 N–H and O–H groups in total. The van der Waals surface area contributed by atoms with Gasteiger partial charge in [0.1, 0.15) is 6.10 Å². The average molecular weight is 333 g/mol. The van der Waals surface area contributed by atoms with E-state index in [0.29, 0.717) is 26.4 Å². The molecule has 0 bridgehead atoms. The number of hydrogen-bond donors (Lipinski definition) is 1. The zero-order valence-electron chi connectivity index (χ0n) is 13.6. The van der Waals surface area contributed by atoms with Gasteiger partial charge in [0.05, 0.1) is 25.4 Å². The van der Waals surface area contributed by atoms with Crippen LogP contribution in [0.5, 0.6) is 0 Å². The maximum atomic E-state index is 13.0. The summed E-state index contributed by atoms with van der Waals surface area (Å²) in [4.78, 5) is 13.0. The molecule has 2 aliphatic rings. The third kappa shape index (κ3) is 4.35. The molecule has 3 atom stereocenters. The van der Waals surface area contributed by atoms with Crippen molar-refractivity contribution in [3.63, 3.8) is 0 Å². The molecule has 0 amide bonds. The molecule has 2 fully saturated rings. The minimum absolute atomic E-state index is 0.128. The lowest BCUT2D eigenvalue weighted by Gasteiger charge is -2.30. The molecule has 22 heavy (non-hydrogen) atoms. The van der Waals surface area contributed by atoms with Gasteiger partial charge >= 0.3 is 8.80 Å². The monoisotopic (exact) mass is 333 g/mol. The maximum absolute atomic E-state index is 13.0. The van der Waals surface area contributed by atoms with Crippen LogP contribution >= 0.6 is 0 Å². The van der Waals surface area contributed by atoms with Crippen LogP contribution in [0.2, 0.25) is 0 Å². The Morgan fingerprint density at radius 1 is 1.18 bits per heavy atom. The molecular weight excluding hydrogens is 306 g/mol. The molecule has 2 unspecified atom stereocenters. The van der Waals surface area contributed by atoms with Crippen molar-refractivity contribution in [3.05, 3.63) is 0 Å². The van der Waals surface area contributed by atoms with Crippen molar-refractivity contribution in [1.29, 1.82) is 0 Å². The summed E-state index contributed by atoms with van der Waals surface area (Å²) in [7, 11) is -3.36. The second-order valence-electron chi connectivity index (χ2n) is 5.27. The standard InChI is InChI=1S/C14H27NO6Si/c1-4-19-22(20-5-2,21-6-3)14(16)13-12(7-8-15-13)18-10-11-9-17-11/h11-13,15H,4-10H2,1-3H3/t11?,12?,13-/m0/s1. The molecule has 0 spiro atoms. The summed E-state index contributed by atoms with van der Waals surface area (Å²) in [5.74, 6) is 0. The van der Waals surface area contributed by atoms with Gasteiger partial charge in [-0.05, 0) is 33.7 Å². The highest BCUT2D eigenvalue weighted by atomic mass is 28.4. The maximum Gasteiger partial charge on any atom is 0.576 e. The highest BCUT2D eigenvalue weighted by Crippen LogP contribution is 2.22. The zero-order chi connectivity index (χ0) is 16.0. The lowest BCUT2D eigenvalue weighted by atomic mass is 10.2. The normalized spacial score (nSPS) is 28.0. The second kappa shape index (κ2) is 8.49. The first-order valence-electron chi connectivity index (χ1n) is 8.09. The highest BCUT2D eigenvalue weighted by molar-refractivity contribution is 6.93. The summed E-state index contributed by atoms with van der Waals surface area (Å²) in [6.07, 6.45) is 0.798. The van der Waals surface area contributed by atoms with E-state index < -0.39 is 14.8 Å². The summed E-state index contributed by atoms with van der Waals surface area (Å²) in [6.45, 7) is 8.68. The molecule has 0 aromatic heterocycles. The van der Waals surface area contributed by atoms with Crippen LogP contribution in [0.25, 0.3) is 0 Å². The highest BCUT2D eigenvalue weighted by Gasteiger charge is 2.55. The minimum atomic E-state index is -3.36. The van der Waals surface area contributed by atoms with E-state index >= 15 is 0 Å². The fraction of sp³-hybridized carbons (Fsp3) is 0.929. The first kappa shape index (κ1) is 18.0. The fourth-order valence-electron chi connectivity index (χ4n) is 2.61. The van der Waals surface area contributed by atoms with Crippen molar-refractivity contribution in [3.8, 4) is 0 Å². The zero-order valence-corrected chi connectivity index (χ0v) is 14.6. The van der Waals surface area contributed by atoms with Crippen molar-refractivity contribution in [2.45, 2.75) is 45.4 Å². The quantitative estimate of drug-likeness (QED) is 0.430. The van der Waals surface area contributed by atoms with E-state index in [9.17, 15) is 4.79 Å². The van der Waals surface area contributed by atoms with Crippen LogP contribution < -0.4 is 5.32 Å². The van der Waals surface area contributed by atoms with Gasteiger partial charge in [-0.25, -0.2) is 0 Å². The molecule has 0 aromatic carbocycles. The van der Waals surface area contributed by atoms with Crippen LogP contribution in [0, 0.1) is 0 Å². The van der Waals surface area contributed by atoms with E-state index in [1.165, 1.54) is 0 Å². The summed E-state index contributed by atoms with van der Waals surface area (Å²) in [5.41, 5.74) is 0. The molecule has 7 nitrogen and oxygen atoms in total. The molecule has 2 heterocycles. The summed E-state index contributed by atoms with van der Waals surface area (Å²) >= 11 is 0. The van der Waals surface area contributed by atoms with Gasteiger partial charge in [-0.3, -0.25) is 4.79 Å². The molecule has 8 heteroatoms. The molecule has 0 aromatic rings. The first-order chi connectivity index (χ1) is 10.7. The van der Waals surface area contributed by atoms with Crippen LogP contribution in [-0.2, 0) is 27.5 Å². The third-order valence-electron chi connectivity index (χ3n) is 3.65. The van der Waals surface area contributed by atoms with E-state index in [2.05, 4.69) is 5.32 Å². The Kier molecular flexibility index (Phi) is 6.94. The van der Waals surface area contributed by atoms with Gasteiger partial charge in [0.15, 0.2) is 0 Å². The molecule has 2 saturated heterocycles. The molecule has 0 saturated carbocycles. The Bertz CT molecular complexity index is 348. The van der Waals surface area contributed by atoms with Gasteiger partial charge < -0.3 is 28.1 Å². The second-order valence-corrected chi connectivity index (χ2v) is 7.74. The Labute approximate surface area is 133 Å². The Hall–Kier alpha value is -0.353.